The fourth-order valence-electron chi connectivity index (χ4n) is 2.05. The van der Waals surface area contributed by atoms with Gasteiger partial charge in [0.15, 0.2) is 4.77 Å². The van der Waals surface area contributed by atoms with Crippen LogP contribution in [0.3, 0.4) is 0 Å². The summed E-state index contributed by atoms with van der Waals surface area (Å²) >= 11 is 5.06. The van der Waals surface area contributed by atoms with E-state index in [1.54, 1.807) is 27.0 Å². The van der Waals surface area contributed by atoms with Gasteiger partial charge in [0, 0.05) is 12.6 Å². The molecule has 0 aliphatic carbocycles. The summed E-state index contributed by atoms with van der Waals surface area (Å²) in [6, 6.07) is 3.83. The van der Waals surface area contributed by atoms with Gasteiger partial charge in [-0.2, -0.15) is 0 Å². The van der Waals surface area contributed by atoms with E-state index in [9.17, 15) is 14.4 Å². The van der Waals surface area contributed by atoms with E-state index in [0.29, 0.717) is 16.5 Å². The Labute approximate surface area is 137 Å². The average Bonchev–Trinajstić information content (AvgIpc) is 2.52. The molecule has 0 bridgehead atoms. The van der Waals surface area contributed by atoms with Crippen molar-refractivity contribution < 1.29 is 14.3 Å². The molecule has 8 heteroatoms. The summed E-state index contributed by atoms with van der Waals surface area (Å²) in [6.45, 7) is 3.48. The molecule has 0 saturated heterocycles. The second-order valence-corrected chi connectivity index (χ2v) is 5.39. The average molecular weight is 335 g/mol. The van der Waals surface area contributed by atoms with Gasteiger partial charge in [-0.1, -0.05) is 0 Å². The Kier molecular flexibility index (Phi) is 4.95. The molecular formula is C15H17N3O4S. The van der Waals surface area contributed by atoms with E-state index < -0.39 is 17.9 Å². The number of H-pyrrole nitrogens is 1. The molecule has 2 rings (SSSR count). The zero-order chi connectivity index (χ0) is 17.1. The highest BCUT2D eigenvalue weighted by Crippen LogP contribution is 2.11. The minimum atomic E-state index is -0.764. The van der Waals surface area contributed by atoms with Crippen molar-refractivity contribution in [1.29, 1.82) is 0 Å². The topological polar surface area (TPSA) is 93.2 Å². The minimum Gasteiger partial charge on any atom is -0.464 e. The monoisotopic (exact) mass is 335 g/mol. The van der Waals surface area contributed by atoms with Crippen molar-refractivity contribution in [1.82, 2.24) is 14.9 Å². The molecule has 1 atom stereocenters. The molecule has 2 N–H and O–H groups in total. The summed E-state index contributed by atoms with van der Waals surface area (Å²) in [4.78, 5) is 38.7. The number of esters is 1. The molecule has 0 saturated carbocycles. The summed E-state index contributed by atoms with van der Waals surface area (Å²) in [5.74, 6) is -0.942. The van der Waals surface area contributed by atoms with Crippen LogP contribution < -0.4 is 10.9 Å². The van der Waals surface area contributed by atoms with Crippen LogP contribution >= 0.6 is 12.2 Å². The maximum atomic E-state index is 12.2. The molecule has 0 aliphatic heterocycles. The number of hydrogen-bond acceptors (Lipinski definition) is 5. The highest BCUT2D eigenvalue weighted by molar-refractivity contribution is 7.71. The van der Waals surface area contributed by atoms with Crippen LogP contribution in [0.2, 0.25) is 0 Å². The number of rotatable bonds is 4. The smallest absolute Gasteiger partial charge is 0.328 e. The first-order valence-electron chi connectivity index (χ1n) is 7.05. The molecule has 23 heavy (non-hydrogen) atoms. The van der Waals surface area contributed by atoms with Gasteiger partial charge in [-0.3, -0.25) is 14.2 Å². The Hall–Kier alpha value is -2.48. The SMILES string of the molecule is CCOC(=O)[C@H](C)NC(=O)c1ccc2c(=O)n(C)c(=S)[nH]c2c1. The largest absolute Gasteiger partial charge is 0.464 e. The quantitative estimate of drug-likeness (QED) is 0.648. The number of benzene rings is 1. The number of hydrogen-bond donors (Lipinski definition) is 2. The van der Waals surface area contributed by atoms with Crippen molar-refractivity contribution >= 4 is 35.0 Å². The van der Waals surface area contributed by atoms with Crippen LogP contribution in [0.25, 0.3) is 10.9 Å². The Morgan fingerprint density at radius 3 is 2.78 bits per heavy atom. The van der Waals surface area contributed by atoms with E-state index in [4.69, 9.17) is 17.0 Å². The zero-order valence-electron chi connectivity index (χ0n) is 13.0. The first kappa shape index (κ1) is 16.9. The minimum absolute atomic E-state index is 0.240. The Morgan fingerprint density at radius 2 is 2.13 bits per heavy atom. The molecule has 0 spiro atoms. The molecule has 1 heterocycles. The number of ether oxygens (including phenoxy) is 1. The van der Waals surface area contributed by atoms with Gasteiger partial charge in [-0.05, 0) is 44.3 Å². The lowest BCUT2D eigenvalue weighted by molar-refractivity contribution is -0.144. The highest BCUT2D eigenvalue weighted by Gasteiger charge is 2.18. The fourth-order valence-corrected chi connectivity index (χ4v) is 2.25. The Balaban J connectivity index is 2.32. The number of fused-ring (bicyclic) bond motifs is 1. The molecule has 122 valence electrons. The number of aromatic amines is 1. The van der Waals surface area contributed by atoms with Gasteiger partial charge < -0.3 is 15.0 Å². The van der Waals surface area contributed by atoms with Crippen LogP contribution in [-0.2, 0) is 16.6 Å². The number of carbonyl (C=O) groups is 2. The maximum Gasteiger partial charge on any atom is 0.328 e. The molecule has 7 nitrogen and oxygen atoms in total. The molecule has 1 aromatic heterocycles. The molecule has 0 radical (unpaired) electrons. The molecule has 1 aromatic carbocycles. The molecule has 1 amide bonds. The summed E-state index contributed by atoms with van der Waals surface area (Å²) in [7, 11) is 1.57. The molecule has 0 aliphatic rings. The first-order chi connectivity index (χ1) is 10.8. The third-order valence-electron chi connectivity index (χ3n) is 3.35. The van der Waals surface area contributed by atoms with E-state index >= 15 is 0 Å². The van der Waals surface area contributed by atoms with Crippen molar-refractivity contribution in [2.45, 2.75) is 19.9 Å². The normalized spacial score (nSPS) is 12.0. The third-order valence-corrected chi connectivity index (χ3v) is 3.73. The van der Waals surface area contributed by atoms with Gasteiger partial charge in [0.1, 0.15) is 6.04 Å². The number of nitrogens with one attached hydrogen (secondary N) is 2. The summed E-state index contributed by atoms with van der Waals surface area (Å²) in [5, 5.41) is 2.98. The highest BCUT2D eigenvalue weighted by atomic mass is 32.1. The lowest BCUT2D eigenvalue weighted by Gasteiger charge is -2.13. The van der Waals surface area contributed by atoms with E-state index in [1.165, 1.54) is 16.7 Å². The molecule has 2 aromatic rings. The van der Waals surface area contributed by atoms with E-state index in [-0.39, 0.29) is 16.9 Å². The van der Waals surface area contributed by atoms with Gasteiger partial charge >= 0.3 is 5.97 Å². The molecule has 0 fully saturated rings. The summed E-state index contributed by atoms with van der Waals surface area (Å²) in [5.41, 5.74) is 0.540. The third kappa shape index (κ3) is 3.48. The number of carbonyl (C=O) groups excluding carboxylic acids is 2. The fraction of sp³-hybridized carbons (Fsp3) is 0.333. The number of nitrogens with zero attached hydrogens (tertiary/aromatic N) is 1. The van der Waals surface area contributed by atoms with Gasteiger partial charge in [0.25, 0.3) is 11.5 Å². The lowest BCUT2D eigenvalue weighted by atomic mass is 10.1. The van der Waals surface area contributed by atoms with Crippen molar-refractivity contribution in [2.75, 3.05) is 6.61 Å². The standard InChI is InChI=1S/C15H17N3O4S/c1-4-22-14(21)8(2)16-12(19)9-5-6-10-11(7-9)17-15(23)18(3)13(10)20/h5-8H,4H2,1-3H3,(H,16,19)(H,17,23)/t8-/m0/s1. The molecular weight excluding hydrogens is 318 g/mol. The van der Waals surface area contributed by atoms with Crippen molar-refractivity contribution in [2.24, 2.45) is 7.05 Å². The van der Waals surface area contributed by atoms with Crippen LogP contribution in [0.1, 0.15) is 24.2 Å². The Morgan fingerprint density at radius 1 is 1.43 bits per heavy atom. The van der Waals surface area contributed by atoms with Crippen LogP contribution in [-0.4, -0.2) is 34.1 Å². The summed E-state index contributed by atoms with van der Waals surface area (Å²) in [6.07, 6.45) is 0. The van der Waals surface area contributed by atoms with Crippen molar-refractivity contribution in [3.63, 3.8) is 0 Å². The Bertz CT molecular complexity index is 884. The first-order valence-corrected chi connectivity index (χ1v) is 7.46. The number of amides is 1. The zero-order valence-corrected chi connectivity index (χ0v) is 13.8. The van der Waals surface area contributed by atoms with E-state index in [2.05, 4.69) is 10.3 Å². The van der Waals surface area contributed by atoms with Crippen molar-refractivity contribution in [3.8, 4) is 0 Å². The number of aromatic nitrogens is 2. The van der Waals surface area contributed by atoms with Gasteiger partial charge in [-0.25, -0.2) is 4.79 Å². The van der Waals surface area contributed by atoms with E-state index in [1.807, 2.05) is 0 Å². The van der Waals surface area contributed by atoms with Crippen LogP contribution in [0.5, 0.6) is 0 Å². The second-order valence-electron chi connectivity index (χ2n) is 5.00. The molecule has 0 unspecified atom stereocenters. The van der Waals surface area contributed by atoms with Gasteiger partial charge in [0.2, 0.25) is 0 Å². The predicted octanol–water partition coefficient (Wildman–Crippen LogP) is 1.28. The van der Waals surface area contributed by atoms with Crippen molar-refractivity contribution in [3.05, 3.63) is 38.9 Å². The summed E-state index contributed by atoms with van der Waals surface area (Å²) < 4.78 is 6.42. The lowest BCUT2D eigenvalue weighted by Crippen LogP contribution is -2.39. The second kappa shape index (κ2) is 6.74. The van der Waals surface area contributed by atoms with Crippen LogP contribution in [0.4, 0.5) is 0 Å². The van der Waals surface area contributed by atoms with Gasteiger partial charge in [0.05, 0.1) is 17.5 Å². The maximum absolute atomic E-state index is 12.2. The van der Waals surface area contributed by atoms with E-state index in [0.717, 1.165) is 0 Å². The van der Waals surface area contributed by atoms with Gasteiger partial charge in [-0.15, -0.1) is 0 Å². The van der Waals surface area contributed by atoms with Crippen LogP contribution in [0.15, 0.2) is 23.0 Å². The van der Waals surface area contributed by atoms with Crippen LogP contribution in [0, 0.1) is 4.77 Å². The predicted molar refractivity (Wildman–Crippen MR) is 87.9 cm³/mol.